The zero-order chi connectivity index (χ0) is 12.0. The van der Waals surface area contributed by atoms with Gasteiger partial charge in [0.25, 0.3) is 0 Å². The Hall–Kier alpha value is -0.240. The second kappa shape index (κ2) is 6.48. The fraction of sp³-hybridized carbons (Fsp3) is 0.923. The number of halogens is 1. The van der Waals surface area contributed by atoms with Gasteiger partial charge in [0.05, 0.1) is 0 Å². The molecular formula is C13H24ClNO. The van der Waals surface area contributed by atoms with Crippen molar-refractivity contribution in [2.75, 3.05) is 12.4 Å². The van der Waals surface area contributed by atoms with Crippen LogP contribution >= 0.6 is 11.6 Å². The van der Waals surface area contributed by atoms with E-state index in [2.05, 4.69) is 19.2 Å². The number of carbonyl (C=O) groups is 1. The zero-order valence-corrected chi connectivity index (χ0v) is 11.3. The molecule has 1 amide bonds. The lowest BCUT2D eigenvalue weighted by Gasteiger charge is -2.32. The van der Waals surface area contributed by atoms with Gasteiger partial charge in [0.15, 0.2) is 0 Å². The highest BCUT2D eigenvalue weighted by Gasteiger charge is 2.34. The summed E-state index contributed by atoms with van der Waals surface area (Å²) in [7, 11) is 0. The predicted molar refractivity (Wildman–Crippen MR) is 68.7 cm³/mol. The molecule has 3 heteroatoms. The van der Waals surface area contributed by atoms with Crippen molar-refractivity contribution >= 4 is 17.5 Å². The largest absolute Gasteiger partial charge is 0.355 e. The lowest BCUT2D eigenvalue weighted by Crippen LogP contribution is -2.41. The van der Waals surface area contributed by atoms with Crippen LogP contribution in [0.15, 0.2) is 0 Å². The minimum atomic E-state index is -0.112. The summed E-state index contributed by atoms with van der Waals surface area (Å²) in [6.45, 7) is 5.00. The molecule has 0 radical (unpaired) electrons. The van der Waals surface area contributed by atoms with Crippen LogP contribution < -0.4 is 5.32 Å². The molecule has 94 valence electrons. The molecule has 16 heavy (non-hydrogen) atoms. The Kier molecular flexibility index (Phi) is 5.60. The van der Waals surface area contributed by atoms with Gasteiger partial charge in [-0.3, -0.25) is 4.79 Å². The first-order chi connectivity index (χ1) is 7.58. The molecule has 0 spiro atoms. The topological polar surface area (TPSA) is 29.1 Å². The number of alkyl halides is 1. The van der Waals surface area contributed by atoms with Gasteiger partial charge in [0.2, 0.25) is 5.91 Å². The Morgan fingerprint density at radius 2 is 2.00 bits per heavy atom. The highest BCUT2D eigenvalue weighted by molar-refractivity contribution is 6.17. The molecule has 1 rings (SSSR count). The van der Waals surface area contributed by atoms with E-state index < -0.39 is 0 Å². The maximum Gasteiger partial charge on any atom is 0.225 e. The Bertz CT molecular complexity index is 224. The first-order valence-electron chi connectivity index (χ1n) is 6.43. The van der Waals surface area contributed by atoms with Gasteiger partial charge in [0, 0.05) is 17.8 Å². The average molecular weight is 246 g/mol. The third-order valence-corrected chi connectivity index (χ3v) is 3.94. The standard InChI is InChI=1S/C13H24ClNO/c1-11(6-9-14)10-15-12(16)13(2)7-4-3-5-8-13/h11H,3-10H2,1-2H3,(H,15,16). The van der Waals surface area contributed by atoms with Crippen LogP contribution in [0.25, 0.3) is 0 Å². The van der Waals surface area contributed by atoms with Crippen molar-refractivity contribution < 1.29 is 4.79 Å². The van der Waals surface area contributed by atoms with E-state index in [9.17, 15) is 4.79 Å². The SMILES string of the molecule is CC(CCCl)CNC(=O)C1(C)CCCCC1. The number of amides is 1. The molecule has 1 aliphatic rings. The van der Waals surface area contributed by atoms with Crippen molar-refractivity contribution in [2.45, 2.75) is 52.4 Å². The van der Waals surface area contributed by atoms with Crippen LogP contribution in [0.1, 0.15) is 52.4 Å². The fourth-order valence-electron chi connectivity index (χ4n) is 2.33. The molecule has 1 atom stereocenters. The summed E-state index contributed by atoms with van der Waals surface area (Å²) < 4.78 is 0. The summed E-state index contributed by atoms with van der Waals surface area (Å²) in [5.41, 5.74) is -0.112. The number of rotatable bonds is 5. The van der Waals surface area contributed by atoms with Crippen LogP contribution in [0.5, 0.6) is 0 Å². The first kappa shape index (κ1) is 13.8. The van der Waals surface area contributed by atoms with Crippen LogP contribution in [0, 0.1) is 11.3 Å². The molecule has 0 aromatic rings. The summed E-state index contributed by atoms with van der Waals surface area (Å²) in [5.74, 6) is 1.40. The molecule has 0 aromatic carbocycles. The minimum Gasteiger partial charge on any atom is -0.355 e. The lowest BCUT2D eigenvalue weighted by molar-refractivity contribution is -0.132. The normalized spacial score (nSPS) is 21.4. The summed E-state index contributed by atoms with van der Waals surface area (Å²) in [6.07, 6.45) is 6.73. The van der Waals surface area contributed by atoms with Crippen LogP contribution in [0.3, 0.4) is 0 Å². The minimum absolute atomic E-state index is 0.112. The monoisotopic (exact) mass is 245 g/mol. The molecule has 1 saturated carbocycles. The van der Waals surface area contributed by atoms with Crippen molar-refractivity contribution in [1.29, 1.82) is 0 Å². The maximum absolute atomic E-state index is 12.1. The third-order valence-electron chi connectivity index (χ3n) is 3.72. The van der Waals surface area contributed by atoms with Crippen LogP contribution in [0.2, 0.25) is 0 Å². The predicted octanol–water partition coefficient (Wildman–Crippen LogP) is 3.34. The van der Waals surface area contributed by atoms with Crippen molar-refractivity contribution in [3.05, 3.63) is 0 Å². The van der Waals surface area contributed by atoms with E-state index in [-0.39, 0.29) is 11.3 Å². The van der Waals surface area contributed by atoms with Gasteiger partial charge in [-0.15, -0.1) is 11.6 Å². The van der Waals surface area contributed by atoms with Crippen LogP contribution in [-0.2, 0) is 4.79 Å². The van der Waals surface area contributed by atoms with E-state index >= 15 is 0 Å². The molecule has 1 fully saturated rings. The molecule has 0 aromatic heterocycles. The molecule has 0 saturated heterocycles. The lowest BCUT2D eigenvalue weighted by atomic mass is 9.75. The molecular weight excluding hydrogens is 222 g/mol. The van der Waals surface area contributed by atoms with Gasteiger partial charge in [-0.2, -0.15) is 0 Å². The number of nitrogens with one attached hydrogen (secondary N) is 1. The zero-order valence-electron chi connectivity index (χ0n) is 10.5. The highest BCUT2D eigenvalue weighted by Crippen LogP contribution is 2.35. The van der Waals surface area contributed by atoms with E-state index in [1.807, 2.05) is 0 Å². The molecule has 1 unspecified atom stereocenters. The molecule has 1 aliphatic carbocycles. The van der Waals surface area contributed by atoms with Gasteiger partial charge in [-0.1, -0.05) is 33.1 Å². The number of carbonyl (C=O) groups excluding carboxylic acids is 1. The summed E-state index contributed by atoms with van der Waals surface area (Å²) >= 11 is 5.68. The van der Waals surface area contributed by atoms with Crippen LogP contribution in [-0.4, -0.2) is 18.3 Å². The van der Waals surface area contributed by atoms with E-state index in [0.29, 0.717) is 11.8 Å². The smallest absolute Gasteiger partial charge is 0.225 e. The number of hydrogen-bond donors (Lipinski definition) is 1. The van der Waals surface area contributed by atoms with E-state index in [1.54, 1.807) is 0 Å². The summed E-state index contributed by atoms with van der Waals surface area (Å²) in [4.78, 5) is 12.1. The van der Waals surface area contributed by atoms with E-state index in [4.69, 9.17) is 11.6 Å². The van der Waals surface area contributed by atoms with Crippen molar-refractivity contribution in [3.63, 3.8) is 0 Å². The van der Waals surface area contributed by atoms with E-state index in [1.165, 1.54) is 19.3 Å². The fourth-order valence-corrected chi connectivity index (χ4v) is 2.70. The summed E-state index contributed by atoms with van der Waals surface area (Å²) in [6, 6.07) is 0. The molecule has 2 nitrogen and oxygen atoms in total. The second-order valence-electron chi connectivity index (χ2n) is 5.41. The quantitative estimate of drug-likeness (QED) is 0.740. The highest BCUT2D eigenvalue weighted by atomic mass is 35.5. The molecule has 0 aliphatic heterocycles. The Morgan fingerprint density at radius 3 is 2.56 bits per heavy atom. The average Bonchev–Trinajstić information content (AvgIpc) is 2.27. The molecule has 1 N–H and O–H groups in total. The molecule has 0 bridgehead atoms. The Morgan fingerprint density at radius 1 is 1.38 bits per heavy atom. The van der Waals surface area contributed by atoms with E-state index in [0.717, 1.165) is 25.8 Å². The van der Waals surface area contributed by atoms with Gasteiger partial charge in [0.1, 0.15) is 0 Å². The van der Waals surface area contributed by atoms with Crippen LogP contribution in [0.4, 0.5) is 0 Å². The first-order valence-corrected chi connectivity index (χ1v) is 6.96. The van der Waals surface area contributed by atoms with Crippen molar-refractivity contribution in [1.82, 2.24) is 5.32 Å². The van der Waals surface area contributed by atoms with Gasteiger partial charge in [-0.05, 0) is 25.2 Å². The third kappa shape index (κ3) is 3.97. The van der Waals surface area contributed by atoms with Crippen molar-refractivity contribution in [2.24, 2.45) is 11.3 Å². The van der Waals surface area contributed by atoms with Gasteiger partial charge < -0.3 is 5.32 Å². The summed E-state index contributed by atoms with van der Waals surface area (Å²) in [5, 5.41) is 3.08. The Balaban J connectivity index is 2.33. The molecule has 0 heterocycles. The maximum atomic E-state index is 12.1. The van der Waals surface area contributed by atoms with Gasteiger partial charge in [-0.25, -0.2) is 0 Å². The number of hydrogen-bond acceptors (Lipinski definition) is 1. The Labute approximate surface area is 104 Å². The van der Waals surface area contributed by atoms with Gasteiger partial charge >= 0.3 is 0 Å². The van der Waals surface area contributed by atoms with Crippen molar-refractivity contribution in [3.8, 4) is 0 Å². The second-order valence-corrected chi connectivity index (χ2v) is 5.79.